The van der Waals surface area contributed by atoms with Crippen molar-refractivity contribution >= 4 is 0 Å². The second-order valence-electron chi connectivity index (χ2n) is 5.61. The fourth-order valence-corrected chi connectivity index (χ4v) is 2.60. The minimum absolute atomic E-state index is 0.00156. The fraction of sp³-hybridized carbons (Fsp3) is 0.625. The summed E-state index contributed by atoms with van der Waals surface area (Å²) in [6.07, 6.45) is 1.04. The molecule has 3 heteroatoms. The Balaban J connectivity index is 2.14. The predicted molar refractivity (Wildman–Crippen MR) is 77.1 cm³/mol. The summed E-state index contributed by atoms with van der Waals surface area (Å²) in [4.78, 5) is 2.31. The lowest BCUT2D eigenvalue weighted by Crippen LogP contribution is -2.26. The zero-order chi connectivity index (χ0) is 13.8. The first-order valence-electron chi connectivity index (χ1n) is 7.26. The zero-order valence-electron chi connectivity index (χ0n) is 12.2. The third-order valence-corrected chi connectivity index (χ3v) is 3.69. The lowest BCUT2D eigenvalue weighted by Gasteiger charge is -2.22. The Morgan fingerprint density at radius 3 is 2.53 bits per heavy atom. The van der Waals surface area contributed by atoms with E-state index in [1.54, 1.807) is 0 Å². The number of aliphatic hydroxyl groups excluding tert-OH is 1. The largest absolute Gasteiger partial charge is 0.394 e. The smallest absolute Gasteiger partial charge is 0.137 e. The van der Waals surface area contributed by atoms with Gasteiger partial charge >= 0.3 is 0 Å². The molecule has 1 N–H and O–H groups in total. The fourth-order valence-electron chi connectivity index (χ4n) is 2.60. The van der Waals surface area contributed by atoms with Crippen LogP contribution < -0.4 is 0 Å². The summed E-state index contributed by atoms with van der Waals surface area (Å²) in [5.41, 5.74) is 2.54. The summed E-state index contributed by atoms with van der Waals surface area (Å²) in [5.74, 6) is 0.551. The highest BCUT2D eigenvalue weighted by molar-refractivity contribution is 5.26. The Morgan fingerprint density at radius 2 is 2.00 bits per heavy atom. The molecular formula is C16H25NO2. The van der Waals surface area contributed by atoms with Crippen LogP contribution in [0.25, 0.3) is 0 Å². The van der Waals surface area contributed by atoms with Gasteiger partial charge in [0.15, 0.2) is 0 Å². The quantitative estimate of drug-likeness (QED) is 0.886. The van der Waals surface area contributed by atoms with Crippen LogP contribution in [0.2, 0.25) is 0 Å². The normalized spacial score (nSPS) is 24.3. The van der Waals surface area contributed by atoms with Gasteiger partial charge in [0, 0.05) is 13.1 Å². The molecule has 1 aliphatic heterocycles. The molecule has 1 aromatic rings. The molecule has 0 bridgehead atoms. The van der Waals surface area contributed by atoms with Gasteiger partial charge in [-0.05, 0) is 23.5 Å². The SMILES string of the molecule is CCCN1CC(CO)OC1c1ccc(C(C)C)cc1. The van der Waals surface area contributed by atoms with Gasteiger partial charge in [0.05, 0.1) is 12.7 Å². The number of aliphatic hydroxyl groups is 1. The summed E-state index contributed by atoms with van der Waals surface area (Å²) in [6, 6.07) is 8.67. The minimum Gasteiger partial charge on any atom is -0.394 e. The molecule has 1 fully saturated rings. The first kappa shape index (κ1) is 14.5. The molecule has 2 rings (SSSR count). The van der Waals surface area contributed by atoms with E-state index in [1.165, 1.54) is 11.1 Å². The van der Waals surface area contributed by atoms with E-state index in [0.29, 0.717) is 5.92 Å². The maximum atomic E-state index is 9.28. The molecule has 3 nitrogen and oxygen atoms in total. The highest BCUT2D eigenvalue weighted by Crippen LogP contribution is 2.31. The summed E-state index contributed by atoms with van der Waals surface area (Å²) in [6.45, 7) is 8.50. The van der Waals surface area contributed by atoms with E-state index in [4.69, 9.17) is 4.74 Å². The number of ether oxygens (including phenoxy) is 1. The highest BCUT2D eigenvalue weighted by Gasteiger charge is 2.32. The molecule has 2 unspecified atom stereocenters. The first-order chi connectivity index (χ1) is 9.15. The Labute approximate surface area is 116 Å². The van der Waals surface area contributed by atoms with Crippen LogP contribution >= 0.6 is 0 Å². The van der Waals surface area contributed by atoms with Crippen molar-refractivity contribution in [2.75, 3.05) is 19.7 Å². The molecule has 0 spiro atoms. The molecule has 1 aliphatic rings. The van der Waals surface area contributed by atoms with Crippen LogP contribution in [-0.2, 0) is 4.74 Å². The van der Waals surface area contributed by atoms with Crippen molar-refractivity contribution in [1.82, 2.24) is 4.90 Å². The number of rotatable bonds is 5. The molecule has 2 atom stereocenters. The molecule has 0 aromatic heterocycles. The van der Waals surface area contributed by atoms with Crippen LogP contribution in [0, 0.1) is 0 Å². The van der Waals surface area contributed by atoms with Crippen molar-refractivity contribution in [3.8, 4) is 0 Å². The predicted octanol–water partition coefficient (Wildman–Crippen LogP) is 2.91. The molecule has 0 saturated carbocycles. The molecule has 0 radical (unpaired) electrons. The number of nitrogens with zero attached hydrogens (tertiary/aromatic N) is 1. The van der Waals surface area contributed by atoms with E-state index in [2.05, 4.69) is 49.9 Å². The molecular weight excluding hydrogens is 238 g/mol. The average Bonchev–Trinajstić information content (AvgIpc) is 2.82. The van der Waals surface area contributed by atoms with Crippen molar-refractivity contribution in [3.05, 3.63) is 35.4 Å². The molecule has 19 heavy (non-hydrogen) atoms. The monoisotopic (exact) mass is 263 g/mol. The van der Waals surface area contributed by atoms with E-state index < -0.39 is 0 Å². The number of benzene rings is 1. The molecule has 1 aromatic carbocycles. The van der Waals surface area contributed by atoms with Gasteiger partial charge in [-0.2, -0.15) is 0 Å². The van der Waals surface area contributed by atoms with Gasteiger partial charge in [-0.15, -0.1) is 0 Å². The van der Waals surface area contributed by atoms with E-state index in [1.807, 2.05) is 0 Å². The third-order valence-electron chi connectivity index (χ3n) is 3.69. The molecule has 1 saturated heterocycles. The van der Waals surface area contributed by atoms with E-state index in [0.717, 1.165) is 19.5 Å². The number of hydrogen-bond donors (Lipinski definition) is 1. The van der Waals surface area contributed by atoms with Gasteiger partial charge in [-0.25, -0.2) is 0 Å². The zero-order valence-corrected chi connectivity index (χ0v) is 12.2. The van der Waals surface area contributed by atoms with E-state index in [-0.39, 0.29) is 18.9 Å². The van der Waals surface area contributed by atoms with Crippen molar-refractivity contribution < 1.29 is 9.84 Å². The summed E-state index contributed by atoms with van der Waals surface area (Å²) in [5, 5.41) is 9.28. The Morgan fingerprint density at radius 1 is 1.32 bits per heavy atom. The van der Waals surface area contributed by atoms with Crippen LogP contribution in [0.1, 0.15) is 50.5 Å². The maximum absolute atomic E-state index is 9.28. The number of hydrogen-bond acceptors (Lipinski definition) is 3. The van der Waals surface area contributed by atoms with Gasteiger partial charge in [0.2, 0.25) is 0 Å². The molecule has 106 valence electrons. The Bertz CT molecular complexity index is 388. The Kier molecular flexibility index (Phi) is 4.97. The summed E-state index contributed by atoms with van der Waals surface area (Å²) >= 11 is 0. The molecule has 1 heterocycles. The Hall–Kier alpha value is -0.900. The minimum atomic E-state index is -0.0543. The highest BCUT2D eigenvalue weighted by atomic mass is 16.5. The van der Waals surface area contributed by atoms with E-state index >= 15 is 0 Å². The van der Waals surface area contributed by atoms with Gasteiger partial charge < -0.3 is 9.84 Å². The van der Waals surface area contributed by atoms with Crippen LogP contribution in [0.15, 0.2) is 24.3 Å². The maximum Gasteiger partial charge on any atom is 0.137 e. The van der Waals surface area contributed by atoms with Gasteiger partial charge in [0.25, 0.3) is 0 Å². The first-order valence-corrected chi connectivity index (χ1v) is 7.26. The summed E-state index contributed by atoms with van der Waals surface area (Å²) in [7, 11) is 0. The van der Waals surface area contributed by atoms with Gasteiger partial charge in [-0.3, -0.25) is 4.90 Å². The second-order valence-corrected chi connectivity index (χ2v) is 5.61. The standard InChI is InChI=1S/C16H25NO2/c1-4-9-17-10-15(11-18)19-16(17)14-7-5-13(6-8-14)12(2)3/h5-8,12,15-16,18H,4,9-11H2,1-3H3. The lowest BCUT2D eigenvalue weighted by molar-refractivity contribution is -0.0195. The second kappa shape index (κ2) is 6.51. The van der Waals surface area contributed by atoms with E-state index in [9.17, 15) is 5.11 Å². The topological polar surface area (TPSA) is 32.7 Å². The van der Waals surface area contributed by atoms with Crippen molar-refractivity contribution in [1.29, 1.82) is 0 Å². The molecule has 0 aliphatic carbocycles. The van der Waals surface area contributed by atoms with Gasteiger partial charge in [0.1, 0.15) is 6.23 Å². The van der Waals surface area contributed by atoms with Gasteiger partial charge in [-0.1, -0.05) is 45.0 Å². The third kappa shape index (κ3) is 3.35. The average molecular weight is 263 g/mol. The van der Waals surface area contributed by atoms with Crippen molar-refractivity contribution in [3.63, 3.8) is 0 Å². The molecule has 0 amide bonds. The lowest BCUT2D eigenvalue weighted by atomic mass is 10.0. The van der Waals surface area contributed by atoms with Crippen LogP contribution in [0.5, 0.6) is 0 Å². The van der Waals surface area contributed by atoms with Crippen LogP contribution in [0.4, 0.5) is 0 Å². The van der Waals surface area contributed by atoms with Crippen LogP contribution in [0.3, 0.4) is 0 Å². The van der Waals surface area contributed by atoms with Crippen LogP contribution in [-0.4, -0.2) is 35.8 Å². The van der Waals surface area contributed by atoms with Crippen molar-refractivity contribution in [2.45, 2.75) is 45.4 Å². The summed E-state index contributed by atoms with van der Waals surface area (Å²) < 4.78 is 5.94. The van der Waals surface area contributed by atoms with Crippen molar-refractivity contribution in [2.24, 2.45) is 0 Å².